The number of nitrogens with one attached hydrogen (secondary N) is 2. The molecular weight excluding hydrogens is 339 g/mol. The summed E-state index contributed by atoms with van der Waals surface area (Å²) in [6, 6.07) is 13.9. The molecule has 0 radical (unpaired) electrons. The molecule has 0 aliphatic carbocycles. The Balaban J connectivity index is 1.74. The summed E-state index contributed by atoms with van der Waals surface area (Å²) in [4.78, 5) is 23.4. The molecule has 0 atom stereocenters. The highest BCUT2D eigenvalue weighted by Gasteiger charge is 2.09. The van der Waals surface area contributed by atoms with Gasteiger partial charge in [0.2, 0.25) is 11.8 Å². The Morgan fingerprint density at radius 2 is 1.52 bits per heavy atom. The van der Waals surface area contributed by atoms with Gasteiger partial charge in [-0.15, -0.1) is 0 Å². The summed E-state index contributed by atoms with van der Waals surface area (Å²) in [7, 11) is 0. The summed E-state index contributed by atoms with van der Waals surface area (Å²) in [5, 5.41) is 5.80. The van der Waals surface area contributed by atoms with Crippen LogP contribution < -0.4 is 10.6 Å². The van der Waals surface area contributed by atoms with Crippen molar-refractivity contribution in [1.29, 1.82) is 0 Å². The van der Waals surface area contributed by atoms with Gasteiger partial charge in [-0.2, -0.15) is 0 Å². The summed E-state index contributed by atoms with van der Waals surface area (Å²) < 4.78 is 5.07. The van der Waals surface area contributed by atoms with Gasteiger partial charge in [0.05, 0.1) is 15.7 Å². The molecule has 0 bridgehead atoms. The standard InChI is InChI=1S/C16H14Cl2N2O3/c17-12-7-4-8-13(16(12)18)20-15(22)10-23-9-14(21)19-11-5-2-1-3-6-11/h1-8H,9-10H2,(H,19,21)(H,20,22). The first kappa shape index (κ1) is 17.3. The number of halogens is 2. The van der Waals surface area contributed by atoms with Crippen molar-refractivity contribution in [2.24, 2.45) is 0 Å². The van der Waals surface area contributed by atoms with Crippen molar-refractivity contribution < 1.29 is 14.3 Å². The number of hydrogen-bond donors (Lipinski definition) is 2. The van der Waals surface area contributed by atoms with Crippen molar-refractivity contribution >= 4 is 46.4 Å². The van der Waals surface area contributed by atoms with Crippen molar-refractivity contribution in [3.05, 3.63) is 58.6 Å². The topological polar surface area (TPSA) is 67.4 Å². The number of benzene rings is 2. The molecule has 120 valence electrons. The molecular formula is C16H14Cl2N2O3. The van der Waals surface area contributed by atoms with Crippen LogP contribution in [0.5, 0.6) is 0 Å². The first-order chi connectivity index (χ1) is 11.1. The Hall–Kier alpha value is -2.08. The van der Waals surface area contributed by atoms with Gasteiger partial charge in [-0.3, -0.25) is 9.59 Å². The van der Waals surface area contributed by atoms with Crippen molar-refractivity contribution in [3.63, 3.8) is 0 Å². The van der Waals surface area contributed by atoms with Gasteiger partial charge in [-0.05, 0) is 24.3 Å². The minimum absolute atomic E-state index is 0.231. The van der Waals surface area contributed by atoms with E-state index >= 15 is 0 Å². The number of ether oxygens (including phenoxy) is 1. The fraction of sp³-hybridized carbons (Fsp3) is 0.125. The van der Waals surface area contributed by atoms with Crippen LogP contribution in [0, 0.1) is 0 Å². The normalized spacial score (nSPS) is 10.2. The Bertz CT molecular complexity index is 693. The zero-order valence-corrected chi connectivity index (χ0v) is 13.5. The van der Waals surface area contributed by atoms with E-state index in [1.54, 1.807) is 42.5 Å². The van der Waals surface area contributed by atoms with Gasteiger partial charge in [0.15, 0.2) is 0 Å². The largest absolute Gasteiger partial charge is 0.362 e. The fourth-order valence-corrected chi connectivity index (χ4v) is 2.09. The number of para-hydroxylation sites is 1. The van der Waals surface area contributed by atoms with Crippen LogP contribution in [-0.4, -0.2) is 25.0 Å². The second kappa shape index (κ2) is 8.53. The molecule has 0 saturated carbocycles. The zero-order chi connectivity index (χ0) is 16.7. The van der Waals surface area contributed by atoms with Crippen LogP contribution in [0.15, 0.2) is 48.5 Å². The van der Waals surface area contributed by atoms with Gasteiger partial charge in [0.1, 0.15) is 13.2 Å². The van der Waals surface area contributed by atoms with Crippen LogP contribution in [0.25, 0.3) is 0 Å². The highest BCUT2D eigenvalue weighted by molar-refractivity contribution is 6.43. The molecule has 7 heteroatoms. The van der Waals surface area contributed by atoms with E-state index in [1.807, 2.05) is 6.07 Å². The molecule has 2 aromatic carbocycles. The lowest BCUT2D eigenvalue weighted by Gasteiger charge is -2.09. The zero-order valence-electron chi connectivity index (χ0n) is 12.0. The number of carbonyl (C=O) groups excluding carboxylic acids is 2. The first-order valence-electron chi connectivity index (χ1n) is 6.73. The smallest absolute Gasteiger partial charge is 0.250 e. The number of anilines is 2. The lowest BCUT2D eigenvalue weighted by molar-refractivity contribution is -0.125. The summed E-state index contributed by atoms with van der Waals surface area (Å²) in [5.74, 6) is -0.772. The summed E-state index contributed by atoms with van der Waals surface area (Å²) >= 11 is 11.8. The molecule has 0 aliphatic rings. The lowest BCUT2D eigenvalue weighted by Crippen LogP contribution is -2.24. The van der Waals surface area contributed by atoms with Crippen LogP contribution >= 0.6 is 23.2 Å². The molecule has 0 fully saturated rings. The van der Waals surface area contributed by atoms with Crippen molar-refractivity contribution in [3.8, 4) is 0 Å². The summed E-state index contributed by atoms with van der Waals surface area (Å²) in [5.41, 5.74) is 1.05. The third kappa shape index (κ3) is 5.56. The lowest BCUT2D eigenvalue weighted by atomic mass is 10.3. The predicted molar refractivity (Wildman–Crippen MR) is 91.0 cm³/mol. The maximum Gasteiger partial charge on any atom is 0.250 e. The molecule has 0 unspecified atom stereocenters. The monoisotopic (exact) mass is 352 g/mol. The summed E-state index contributed by atoms with van der Waals surface area (Å²) in [6.07, 6.45) is 0. The van der Waals surface area contributed by atoms with Gasteiger partial charge < -0.3 is 15.4 Å². The first-order valence-corrected chi connectivity index (χ1v) is 7.48. The number of rotatable bonds is 6. The second-order valence-corrected chi connectivity index (χ2v) is 5.34. The average molecular weight is 353 g/mol. The van der Waals surface area contributed by atoms with E-state index in [-0.39, 0.29) is 24.1 Å². The molecule has 0 aromatic heterocycles. The Kier molecular flexibility index (Phi) is 6.40. The fourth-order valence-electron chi connectivity index (χ4n) is 1.74. The highest BCUT2D eigenvalue weighted by atomic mass is 35.5. The molecule has 2 amide bonds. The molecule has 5 nitrogen and oxygen atoms in total. The minimum Gasteiger partial charge on any atom is -0.362 e. The van der Waals surface area contributed by atoms with Crippen LogP contribution in [0.3, 0.4) is 0 Å². The van der Waals surface area contributed by atoms with Gasteiger partial charge in [-0.25, -0.2) is 0 Å². The average Bonchev–Trinajstić information content (AvgIpc) is 2.53. The number of amides is 2. The van der Waals surface area contributed by atoms with Crippen molar-refractivity contribution in [2.75, 3.05) is 23.8 Å². The molecule has 0 aliphatic heterocycles. The Morgan fingerprint density at radius 3 is 2.22 bits per heavy atom. The van der Waals surface area contributed by atoms with Gasteiger partial charge in [-0.1, -0.05) is 47.5 Å². The van der Waals surface area contributed by atoms with Gasteiger partial charge in [0.25, 0.3) is 0 Å². The number of hydrogen-bond acceptors (Lipinski definition) is 3. The minimum atomic E-state index is -0.429. The van der Waals surface area contributed by atoms with Crippen LogP contribution in [-0.2, 0) is 14.3 Å². The van der Waals surface area contributed by atoms with Crippen LogP contribution in [0.1, 0.15) is 0 Å². The molecule has 0 heterocycles. The molecule has 0 spiro atoms. The Labute approximate surface area is 143 Å². The molecule has 2 rings (SSSR count). The molecule has 2 aromatic rings. The van der Waals surface area contributed by atoms with E-state index in [4.69, 9.17) is 27.9 Å². The van der Waals surface area contributed by atoms with E-state index in [2.05, 4.69) is 10.6 Å². The van der Waals surface area contributed by atoms with Crippen LogP contribution in [0.2, 0.25) is 10.0 Å². The molecule has 2 N–H and O–H groups in total. The second-order valence-electron chi connectivity index (χ2n) is 4.56. The maximum absolute atomic E-state index is 11.7. The van der Waals surface area contributed by atoms with E-state index in [0.29, 0.717) is 16.4 Å². The van der Waals surface area contributed by atoms with E-state index in [9.17, 15) is 9.59 Å². The predicted octanol–water partition coefficient (Wildman–Crippen LogP) is 3.59. The molecule has 23 heavy (non-hydrogen) atoms. The van der Waals surface area contributed by atoms with Crippen molar-refractivity contribution in [1.82, 2.24) is 0 Å². The van der Waals surface area contributed by atoms with Crippen molar-refractivity contribution in [2.45, 2.75) is 0 Å². The SMILES string of the molecule is O=C(COCC(=O)Nc1cccc(Cl)c1Cl)Nc1ccccc1. The molecule has 0 saturated heterocycles. The van der Waals surface area contributed by atoms with Gasteiger partial charge >= 0.3 is 0 Å². The Morgan fingerprint density at radius 1 is 0.870 bits per heavy atom. The highest BCUT2D eigenvalue weighted by Crippen LogP contribution is 2.29. The maximum atomic E-state index is 11.7. The quantitative estimate of drug-likeness (QED) is 0.834. The van der Waals surface area contributed by atoms with Gasteiger partial charge in [0, 0.05) is 5.69 Å². The van der Waals surface area contributed by atoms with Crippen LogP contribution in [0.4, 0.5) is 11.4 Å². The van der Waals surface area contributed by atoms with E-state index in [0.717, 1.165) is 0 Å². The third-order valence-electron chi connectivity index (χ3n) is 2.75. The summed E-state index contributed by atoms with van der Waals surface area (Å²) in [6.45, 7) is -0.503. The van der Waals surface area contributed by atoms with E-state index in [1.165, 1.54) is 0 Å². The number of carbonyl (C=O) groups is 2. The third-order valence-corrected chi connectivity index (χ3v) is 3.57. The van der Waals surface area contributed by atoms with E-state index < -0.39 is 5.91 Å².